The highest BCUT2D eigenvalue weighted by Crippen LogP contribution is 2.25. The first kappa shape index (κ1) is 20.6. The van der Waals surface area contributed by atoms with Crippen molar-refractivity contribution in [2.45, 2.75) is 6.42 Å². The van der Waals surface area contributed by atoms with E-state index in [1.165, 1.54) is 18.3 Å². The number of amides is 2. The van der Waals surface area contributed by atoms with Gasteiger partial charge in [-0.2, -0.15) is 5.10 Å². The zero-order chi connectivity index (χ0) is 20.8. The maximum absolute atomic E-state index is 12.0. The fourth-order valence-corrected chi connectivity index (χ4v) is 2.97. The average Bonchev–Trinajstić information content (AvgIpc) is 2.71. The molecule has 0 heterocycles. The molecular weight excluding hydrogens is 413 g/mol. The van der Waals surface area contributed by atoms with Crippen molar-refractivity contribution in [3.05, 3.63) is 75.8 Å². The minimum absolute atomic E-state index is 0.0337. The number of phenols is 1. The van der Waals surface area contributed by atoms with Crippen molar-refractivity contribution < 1.29 is 14.7 Å². The van der Waals surface area contributed by atoms with Crippen LogP contribution in [0.5, 0.6) is 5.75 Å². The molecule has 8 heteroatoms. The Labute approximate surface area is 177 Å². The van der Waals surface area contributed by atoms with Crippen LogP contribution in [0.15, 0.2) is 59.7 Å². The van der Waals surface area contributed by atoms with Gasteiger partial charge in [-0.05, 0) is 35.0 Å². The van der Waals surface area contributed by atoms with Crippen molar-refractivity contribution in [2.75, 3.05) is 6.54 Å². The SMILES string of the molecule is O=C(CCNC(=O)c1ccc(Cl)c(Cl)c1)N/N=C/c1c(O)ccc2ccccc12. The summed E-state index contributed by atoms with van der Waals surface area (Å²) in [6.45, 7) is 0.125. The van der Waals surface area contributed by atoms with E-state index < -0.39 is 0 Å². The number of hydrogen-bond acceptors (Lipinski definition) is 4. The van der Waals surface area contributed by atoms with Gasteiger partial charge in [-0.25, -0.2) is 5.43 Å². The number of aromatic hydroxyl groups is 1. The molecule has 0 fully saturated rings. The monoisotopic (exact) mass is 429 g/mol. The molecule has 3 N–H and O–H groups in total. The summed E-state index contributed by atoms with van der Waals surface area (Å²) in [6.07, 6.45) is 1.43. The summed E-state index contributed by atoms with van der Waals surface area (Å²) in [6, 6.07) is 15.4. The molecule has 0 radical (unpaired) electrons. The summed E-state index contributed by atoms with van der Waals surface area (Å²) in [7, 11) is 0. The third-order valence-electron chi connectivity index (χ3n) is 4.15. The lowest BCUT2D eigenvalue weighted by Gasteiger charge is -2.06. The Balaban J connectivity index is 1.52. The van der Waals surface area contributed by atoms with E-state index >= 15 is 0 Å². The lowest BCUT2D eigenvalue weighted by molar-refractivity contribution is -0.120. The van der Waals surface area contributed by atoms with Crippen LogP contribution in [0.25, 0.3) is 10.8 Å². The Morgan fingerprint density at radius 3 is 2.62 bits per heavy atom. The van der Waals surface area contributed by atoms with Crippen LogP contribution in [0.1, 0.15) is 22.3 Å². The minimum atomic E-state index is -0.379. The Kier molecular flexibility index (Phi) is 6.69. The van der Waals surface area contributed by atoms with Gasteiger partial charge in [-0.3, -0.25) is 9.59 Å². The molecule has 0 bridgehead atoms. The normalized spacial score (nSPS) is 11.0. The summed E-state index contributed by atoms with van der Waals surface area (Å²) in [5.74, 6) is -0.674. The van der Waals surface area contributed by atoms with Crippen molar-refractivity contribution in [3.63, 3.8) is 0 Å². The first-order chi connectivity index (χ1) is 14.0. The number of hydrazone groups is 1. The van der Waals surface area contributed by atoms with Gasteiger partial charge in [0.15, 0.2) is 0 Å². The number of carbonyl (C=O) groups excluding carboxylic acids is 2. The van der Waals surface area contributed by atoms with Gasteiger partial charge in [0.05, 0.1) is 16.3 Å². The fraction of sp³-hybridized carbons (Fsp3) is 0.0952. The summed E-state index contributed by atoms with van der Waals surface area (Å²) in [5.41, 5.74) is 3.24. The predicted molar refractivity (Wildman–Crippen MR) is 115 cm³/mol. The molecule has 6 nitrogen and oxygen atoms in total. The number of nitrogens with zero attached hydrogens (tertiary/aromatic N) is 1. The zero-order valence-corrected chi connectivity index (χ0v) is 16.7. The van der Waals surface area contributed by atoms with Crippen LogP contribution in [-0.4, -0.2) is 29.7 Å². The molecule has 3 aromatic rings. The van der Waals surface area contributed by atoms with Crippen molar-refractivity contribution in [2.24, 2.45) is 5.10 Å². The first-order valence-electron chi connectivity index (χ1n) is 8.71. The predicted octanol–water partition coefficient (Wildman–Crippen LogP) is 4.12. The van der Waals surface area contributed by atoms with Crippen molar-refractivity contribution in [3.8, 4) is 5.75 Å². The first-order valence-corrected chi connectivity index (χ1v) is 9.47. The molecule has 0 aliphatic heterocycles. The minimum Gasteiger partial charge on any atom is -0.507 e. The van der Waals surface area contributed by atoms with Crippen molar-refractivity contribution in [1.29, 1.82) is 0 Å². The molecule has 0 saturated carbocycles. The lowest BCUT2D eigenvalue weighted by Crippen LogP contribution is -2.29. The van der Waals surface area contributed by atoms with E-state index in [0.717, 1.165) is 10.8 Å². The summed E-state index contributed by atoms with van der Waals surface area (Å²) < 4.78 is 0. The highest BCUT2D eigenvalue weighted by atomic mass is 35.5. The molecule has 0 spiro atoms. The van der Waals surface area contributed by atoms with Crippen LogP contribution in [0, 0.1) is 0 Å². The highest BCUT2D eigenvalue weighted by molar-refractivity contribution is 6.42. The van der Waals surface area contributed by atoms with Gasteiger partial charge in [-0.1, -0.05) is 53.5 Å². The van der Waals surface area contributed by atoms with Crippen LogP contribution < -0.4 is 10.7 Å². The van der Waals surface area contributed by atoms with Gasteiger partial charge < -0.3 is 10.4 Å². The van der Waals surface area contributed by atoms with Crippen LogP contribution in [0.3, 0.4) is 0 Å². The summed E-state index contributed by atoms with van der Waals surface area (Å²) >= 11 is 11.7. The van der Waals surface area contributed by atoms with Crippen LogP contribution in [-0.2, 0) is 4.79 Å². The van der Waals surface area contributed by atoms with Gasteiger partial charge in [0, 0.05) is 24.1 Å². The topological polar surface area (TPSA) is 90.8 Å². The average molecular weight is 430 g/mol. The van der Waals surface area contributed by atoms with E-state index in [0.29, 0.717) is 16.1 Å². The van der Waals surface area contributed by atoms with Gasteiger partial charge in [-0.15, -0.1) is 0 Å². The molecule has 0 saturated heterocycles. The summed E-state index contributed by atoms with van der Waals surface area (Å²) in [5, 5.41) is 19.0. The standard InChI is InChI=1S/C21H17Cl2N3O3/c22-17-7-5-14(11-18(17)23)21(29)24-10-9-20(28)26-25-12-16-15-4-2-1-3-13(15)6-8-19(16)27/h1-8,11-12,27H,9-10H2,(H,24,29)(H,26,28)/b25-12+. The van der Waals surface area contributed by atoms with Crippen molar-refractivity contribution in [1.82, 2.24) is 10.7 Å². The summed E-state index contributed by atoms with van der Waals surface area (Å²) in [4.78, 5) is 24.0. The van der Waals surface area contributed by atoms with E-state index in [2.05, 4.69) is 15.8 Å². The Morgan fingerprint density at radius 1 is 1.03 bits per heavy atom. The molecule has 0 aliphatic rings. The molecule has 29 heavy (non-hydrogen) atoms. The third kappa shape index (κ3) is 5.25. The van der Waals surface area contributed by atoms with E-state index in [1.807, 2.05) is 24.3 Å². The quantitative estimate of drug-likeness (QED) is 0.406. The Morgan fingerprint density at radius 2 is 1.83 bits per heavy atom. The molecule has 2 amide bonds. The molecule has 0 unspecified atom stereocenters. The van der Waals surface area contributed by atoms with E-state index in [1.54, 1.807) is 18.2 Å². The van der Waals surface area contributed by atoms with Gasteiger partial charge in [0.2, 0.25) is 5.91 Å². The van der Waals surface area contributed by atoms with E-state index in [-0.39, 0.29) is 35.6 Å². The number of benzene rings is 3. The number of nitrogens with one attached hydrogen (secondary N) is 2. The number of phenolic OH excluding ortho intramolecular Hbond substituents is 1. The zero-order valence-electron chi connectivity index (χ0n) is 15.2. The Bertz CT molecular complexity index is 1100. The smallest absolute Gasteiger partial charge is 0.251 e. The maximum Gasteiger partial charge on any atom is 0.251 e. The van der Waals surface area contributed by atoms with Crippen LogP contribution >= 0.6 is 23.2 Å². The van der Waals surface area contributed by atoms with E-state index in [4.69, 9.17) is 23.2 Å². The van der Waals surface area contributed by atoms with E-state index in [9.17, 15) is 14.7 Å². The van der Waals surface area contributed by atoms with Crippen molar-refractivity contribution >= 4 is 52.0 Å². The number of carbonyl (C=O) groups is 2. The highest BCUT2D eigenvalue weighted by Gasteiger charge is 2.09. The molecule has 0 aliphatic carbocycles. The molecule has 148 valence electrons. The van der Waals surface area contributed by atoms with Gasteiger partial charge in [0.25, 0.3) is 5.91 Å². The number of fused-ring (bicyclic) bond motifs is 1. The number of hydrogen-bond donors (Lipinski definition) is 3. The fourth-order valence-electron chi connectivity index (χ4n) is 2.67. The van der Waals surface area contributed by atoms with Crippen LogP contribution in [0.4, 0.5) is 0 Å². The second kappa shape index (κ2) is 9.41. The molecule has 0 atom stereocenters. The number of rotatable bonds is 6. The third-order valence-corrected chi connectivity index (χ3v) is 4.89. The number of halogens is 2. The second-order valence-electron chi connectivity index (χ2n) is 6.15. The molecule has 0 aromatic heterocycles. The largest absolute Gasteiger partial charge is 0.507 e. The van der Waals surface area contributed by atoms with Crippen LogP contribution in [0.2, 0.25) is 10.0 Å². The van der Waals surface area contributed by atoms with Gasteiger partial charge >= 0.3 is 0 Å². The molecular formula is C21H17Cl2N3O3. The molecule has 3 rings (SSSR count). The lowest BCUT2D eigenvalue weighted by atomic mass is 10.0. The maximum atomic E-state index is 12.0. The molecule has 3 aromatic carbocycles. The van der Waals surface area contributed by atoms with Gasteiger partial charge in [0.1, 0.15) is 5.75 Å². The Hall–Kier alpha value is -3.09. The second-order valence-corrected chi connectivity index (χ2v) is 6.96.